The summed E-state index contributed by atoms with van der Waals surface area (Å²) >= 11 is 0. The molecular weight excluding hydrogens is 400 g/mol. The summed E-state index contributed by atoms with van der Waals surface area (Å²) in [5.41, 5.74) is 6.38. The smallest absolute Gasteiger partial charge is 0.257 e. The van der Waals surface area contributed by atoms with Crippen molar-refractivity contribution < 1.29 is 9.53 Å². The zero-order valence-corrected chi connectivity index (χ0v) is 19.7. The Hall–Kier alpha value is -2.66. The van der Waals surface area contributed by atoms with Gasteiger partial charge in [0, 0.05) is 49.8 Å². The maximum atomic E-state index is 13.2. The quantitative estimate of drug-likeness (QED) is 0.669. The Morgan fingerprint density at radius 3 is 2.47 bits per heavy atom. The number of carbonyl (C=O) groups is 1. The van der Waals surface area contributed by atoms with Crippen molar-refractivity contribution in [3.63, 3.8) is 0 Å². The minimum atomic E-state index is 0.00596. The molecule has 0 unspecified atom stereocenters. The molecule has 1 saturated heterocycles. The molecule has 0 spiro atoms. The first kappa shape index (κ1) is 22.5. The first-order valence-corrected chi connectivity index (χ1v) is 11.8. The van der Waals surface area contributed by atoms with Gasteiger partial charge >= 0.3 is 0 Å². The van der Waals surface area contributed by atoms with Gasteiger partial charge in [-0.3, -0.25) is 9.59 Å². The SMILES string of the molecule is CCn1c2c(c(C3CCOCC3)cc1=O)C=C(N(C)C(=O)c1ccc(C(C)C)cc1)CC2. The van der Waals surface area contributed by atoms with Gasteiger partial charge in [-0.05, 0) is 79.3 Å². The summed E-state index contributed by atoms with van der Waals surface area (Å²) < 4.78 is 7.44. The molecule has 0 saturated carbocycles. The second-order valence-electron chi connectivity index (χ2n) is 9.21. The van der Waals surface area contributed by atoms with Gasteiger partial charge in [-0.1, -0.05) is 26.0 Å². The molecule has 0 bridgehead atoms. The number of aromatic nitrogens is 1. The highest BCUT2D eigenvalue weighted by Gasteiger charge is 2.27. The average molecular weight is 435 g/mol. The van der Waals surface area contributed by atoms with Gasteiger partial charge in [0.25, 0.3) is 11.5 Å². The van der Waals surface area contributed by atoms with Crippen LogP contribution in [0.4, 0.5) is 0 Å². The monoisotopic (exact) mass is 434 g/mol. The molecule has 1 fully saturated rings. The van der Waals surface area contributed by atoms with Gasteiger partial charge in [0.05, 0.1) is 0 Å². The number of benzene rings is 1. The molecule has 0 radical (unpaired) electrons. The predicted molar refractivity (Wildman–Crippen MR) is 128 cm³/mol. The Kier molecular flexibility index (Phi) is 6.66. The molecule has 32 heavy (non-hydrogen) atoms. The molecule has 170 valence electrons. The van der Waals surface area contributed by atoms with E-state index in [-0.39, 0.29) is 11.5 Å². The number of hydrogen-bond acceptors (Lipinski definition) is 3. The van der Waals surface area contributed by atoms with Gasteiger partial charge in [-0.25, -0.2) is 0 Å². The fourth-order valence-corrected chi connectivity index (χ4v) is 4.95. The minimum absolute atomic E-state index is 0.00596. The van der Waals surface area contributed by atoms with Crippen LogP contribution in [0.25, 0.3) is 6.08 Å². The van der Waals surface area contributed by atoms with E-state index in [1.54, 1.807) is 4.90 Å². The van der Waals surface area contributed by atoms with Crippen molar-refractivity contribution in [2.24, 2.45) is 0 Å². The highest BCUT2D eigenvalue weighted by molar-refractivity contribution is 5.95. The molecule has 1 aromatic heterocycles. The van der Waals surface area contributed by atoms with E-state index in [0.29, 0.717) is 23.9 Å². The lowest BCUT2D eigenvalue weighted by atomic mass is 9.85. The molecule has 5 nitrogen and oxygen atoms in total. The Bertz CT molecular complexity index is 1070. The molecule has 0 atom stereocenters. The molecule has 4 rings (SSSR count). The van der Waals surface area contributed by atoms with Gasteiger partial charge in [0.2, 0.25) is 0 Å². The second-order valence-corrected chi connectivity index (χ2v) is 9.21. The summed E-state index contributed by atoms with van der Waals surface area (Å²) in [7, 11) is 1.86. The first-order chi connectivity index (χ1) is 15.4. The van der Waals surface area contributed by atoms with Crippen LogP contribution in [-0.2, 0) is 17.7 Å². The third-order valence-corrected chi connectivity index (χ3v) is 6.96. The molecule has 2 aliphatic rings. The van der Waals surface area contributed by atoms with Gasteiger partial charge in [0.15, 0.2) is 0 Å². The van der Waals surface area contributed by atoms with Crippen molar-refractivity contribution in [1.29, 1.82) is 0 Å². The summed E-state index contributed by atoms with van der Waals surface area (Å²) in [6.45, 7) is 8.45. The number of allylic oxidation sites excluding steroid dienone is 1. The van der Waals surface area contributed by atoms with Crippen LogP contribution in [0.3, 0.4) is 0 Å². The summed E-state index contributed by atoms with van der Waals surface area (Å²) in [4.78, 5) is 27.8. The third-order valence-electron chi connectivity index (χ3n) is 6.96. The summed E-state index contributed by atoms with van der Waals surface area (Å²) in [6.07, 6.45) is 5.53. The normalized spacial score (nSPS) is 16.6. The van der Waals surface area contributed by atoms with E-state index in [9.17, 15) is 9.59 Å². The Morgan fingerprint density at radius 1 is 1.16 bits per heavy atom. The van der Waals surface area contributed by atoms with E-state index in [1.807, 2.05) is 48.9 Å². The van der Waals surface area contributed by atoms with Crippen molar-refractivity contribution in [3.05, 3.63) is 74.3 Å². The Balaban J connectivity index is 1.69. The average Bonchev–Trinajstić information content (AvgIpc) is 2.83. The molecule has 1 aliphatic carbocycles. The molecule has 5 heteroatoms. The van der Waals surface area contributed by atoms with Crippen molar-refractivity contribution in [2.75, 3.05) is 20.3 Å². The number of hydrogen-bond donors (Lipinski definition) is 0. The van der Waals surface area contributed by atoms with Crippen molar-refractivity contribution in [1.82, 2.24) is 9.47 Å². The third kappa shape index (κ3) is 4.31. The minimum Gasteiger partial charge on any atom is -0.381 e. The maximum Gasteiger partial charge on any atom is 0.257 e. The van der Waals surface area contributed by atoms with Crippen molar-refractivity contribution in [3.8, 4) is 0 Å². The number of carbonyl (C=O) groups excluding carboxylic acids is 1. The molecule has 0 N–H and O–H groups in total. The Morgan fingerprint density at radius 2 is 1.84 bits per heavy atom. The van der Waals surface area contributed by atoms with Crippen LogP contribution >= 0.6 is 0 Å². The van der Waals surface area contributed by atoms with E-state index < -0.39 is 0 Å². The fraction of sp³-hybridized carbons (Fsp3) is 0.481. The first-order valence-electron chi connectivity index (χ1n) is 11.8. The maximum absolute atomic E-state index is 13.2. The lowest BCUT2D eigenvalue weighted by Gasteiger charge is -2.30. The van der Waals surface area contributed by atoms with Gasteiger partial charge in [0.1, 0.15) is 0 Å². The van der Waals surface area contributed by atoms with E-state index >= 15 is 0 Å². The van der Waals surface area contributed by atoms with Crippen molar-refractivity contribution in [2.45, 2.75) is 64.8 Å². The van der Waals surface area contributed by atoms with E-state index in [2.05, 4.69) is 19.9 Å². The van der Waals surface area contributed by atoms with Crippen LogP contribution in [0.5, 0.6) is 0 Å². The highest BCUT2D eigenvalue weighted by Crippen LogP contribution is 2.35. The van der Waals surface area contributed by atoms with E-state index in [0.717, 1.165) is 61.4 Å². The van der Waals surface area contributed by atoms with E-state index in [1.165, 1.54) is 5.56 Å². The molecule has 2 heterocycles. The van der Waals surface area contributed by atoms with Gasteiger partial charge in [-0.2, -0.15) is 0 Å². The summed E-state index contributed by atoms with van der Waals surface area (Å²) in [6, 6.07) is 9.75. The topological polar surface area (TPSA) is 51.5 Å². The van der Waals surface area contributed by atoms with Crippen LogP contribution in [0.15, 0.2) is 40.8 Å². The predicted octanol–water partition coefficient (Wildman–Crippen LogP) is 4.94. The van der Waals surface area contributed by atoms with Crippen LogP contribution in [0.2, 0.25) is 0 Å². The lowest BCUT2D eigenvalue weighted by molar-refractivity contribution is 0.0833. The fourth-order valence-electron chi connectivity index (χ4n) is 4.95. The number of nitrogens with zero attached hydrogens (tertiary/aromatic N) is 2. The highest BCUT2D eigenvalue weighted by atomic mass is 16.5. The standard InChI is InChI=1S/C27H34N2O3/c1-5-29-25-11-10-22(28(4)27(31)21-8-6-19(7-9-21)18(2)3)16-24(25)23(17-26(29)30)20-12-14-32-15-13-20/h6-9,16-18,20H,5,10-15H2,1-4H3. The number of amides is 1. The van der Waals surface area contributed by atoms with Crippen LogP contribution in [0.1, 0.15) is 84.6 Å². The number of pyridine rings is 1. The van der Waals surface area contributed by atoms with E-state index in [4.69, 9.17) is 4.74 Å². The molecular formula is C27H34N2O3. The largest absolute Gasteiger partial charge is 0.381 e. The van der Waals surface area contributed by atoms with Crippen LogP contribution < -0.4 is 5.56 Å². The van der Waals surface area contributed by atoms with Crippen LogP contribution in [-0.4, -0.2) is 35.6 Å². The molecule has 1 aliphatic heterocycles. The summed E-state index contributed by atoms with van der Waals surface area (Å²) in [5, 5.41) is 0. The number of fused-ring (bicyclic) bond motifs is 1. The zero-order chi connectivity index (χ0) is 22.8. The molecule has 1 amide bonds. The molecule has 2 aromatic rings. The lowest BCUT2D eigenvalue weighted by Crippen LogP contribution is -2.31. The zero-order valence-electron chi connectivity index (χ0n) is 19.7. The number of ether oxygens (including phenoxy) is 1. The summed E-state index contributed by atoms with van der Waals surface area (Å²) in [5.74, 6) is 0.775. The second kappa shape index (κ2) is 9.45. The van der Waals surface area contributed by atoms with Crippen molar-refractivity contribution >= 4 is 12.0 Å². The Labute approximate surface area is 190 Å². The van der Waals surface area contributed by atoms with Gasteiger partial charge in [-0.15, -0.1) is 0 Å². The number of rotatable bonds is 5. The van der Waals surface area contributed by atoms with Gasteiger partial charge < -0.3 is 14.2 Å². The molecule has 1 aromatic carbocycles. The van der Waals surface area contributed by atoms with Crippen LogP contribution in [0, 0.1) is 0 Å².